The summed E-state index contributed by atoms with van der Waals surface area (Å²) in [6.07, 6.45) is -0.531. The van der Waals surface area contributed by atoms with Crippen LogP contribution in [0.2, 0.25) is 0 Å². The van der Waals surface area contributed by atoms with Crippen LogP contribution in [0.25, 0.3) is 0 Å². The topological polar surface area (TPSA) is 108 Å². The molecule has 2 aromatic rings. The monoisotopic (exact) mass is 546 g/mol. The number of carbonyl (C=O) groups excluding carboxylic acids is 2. The molecule has 1 aliphatic carbocycles. The van der Waals surface area contributed by atoms with Crippen LogP contribution in [-0.2, 0) is 15.7 Å². The summed E-state index contributed by atoms with van der Waals surface area (Å²) in [6.45, 7) is 6.88. The third-order valence-electron chi connectivity index (χ3n) is 7.37. The number of fused-ring (bicyclic) bond motifs is 5. The highest BCUT2D eigenvalue weighted by Gasteiger charge is 2.48. The van der Waals surface area contributed by atoms with Crippen LogP contribution in [0.1, 0.15) is 88.6 Å². The molecule has 2 aliphatic heterocycles. The lowest BCUT2D eigenvalue weighted by molar-refractivity contribution is -0.137. The SMILES string of the molecule is CC(=O)N[C@@H]1CCC[C@H]1Nc1nc(Nc2ccc3c(c2)C2CCC3N2C(=O)OC(C)(C)C)ncc1C(F)(F)F. The second-order valence-electron chi connectivity index (χ2n) is 11.4. The van der Waals surface area contributed by atoms with Crippen molar-refractivity contribution in [3.63, 3.8) is 0 Å². The van der Waals surface area contributed by atoms with Gasteiger partial charge in [-0.05, 0) is 76.1 Å². The first-order chi connectivity index (χ1) is 18.3. The van der Waals surface area contributed by atoms with Crippen molar-refractivity contribution >= 4 is 29.5 Å². The molecule has 1 aromatic carbocycles. The van der Waals surface area contributed by atoms with E-state index < -0.39 is 17.3 Å². The summed E-state index contributed by atoms with van der Waals surface area (Å²) in [7, 11) is 0. The molecule has 39 heavy (non-hydrogen) atoms. The summed E-state index contributed by atoms with van der Waals surface area (Å²) < 4.78 is 47.0. The molecule has 2 amide bonds. The predicted octanol–water partition coefficient (Wildman–Crippen LogP) is 5.83. The minimum absolute atomic E-state index is 0.00618. The third-order valence-corrected chi connectivity index (χ3v) is 7.37. The number of ether oxygens (including phenoxy) is 1. The van der Waals surface area contributed by atoms with E-state index in [1.54, 1.807) is 4.90 Å². The largest absolute Gasteiger partial charge is 0.444 e. The van der Waals surface area contributed by atoms with Gasteiger partial charge in [0.05, 0.1) is 12.1 Å². The Kier molecular flexibility index (Phi) is 6.84. The molecule has 2 bridgehead atoms. The summed E-state index contributed by atoms with van der Waals surface area (Å²) >= 11 is 0. The van der Waals surface area contributed by atoms with Gasteiger partial charge in [-0.1, -0.05) is 6.07 Å². The van der Waals surface area contributed by atoms with Crippen LogP contribution in [0.3, 0.4) is 0 Å². The van der Waals surface area contributed by atoms with E-state index >= 15 is 0 Å². The van der Waals surface area contributed by atoms with Gasteiger partial charge in [0.15, 0.2) is 0 Å². The second-order valence-corrected chi connectivity index (χ2v) is 11.4. The number of anilines is 3. The zero-order valence-corrected chi connectivity index (χ0v) is 22.4. The minimum atomic E-state index is -4.65. The summed E-state index contributed by atoms with van der Waals surface area (Å²) in [6, 6.07) is 4.79. The fraction of sp³-hybridized carbons (Fsp3) is 0.556. The Morgan fingerprint density at radius 3 is 2.38 bits per heavy atom. The lowest BCUT2D eigenvalue weighted by Gasteiger charge is -2.27. The molecule has 1 aromatic heterocycles. The van der Waals surface area contributed by atoms with E-state index in [1.807, 2.05) is 39.0 Å². The first-order valence-corrected chi connectivity index (χ1v) is 13.2. The van der Waals surface area contributed by atoms with E-state index in [-0.39, 0.29) is 47.9 Å². The van der Waals surface area contributed by atoms with E-state index in [0.717, 1.165) is 36.6 Å². The van der Waals surface area contributed by atoms with E-state index in [0.29, 0.717) is 18.5 Å². The van der Waals surface area contributed by atoms with Gasteiger partial charge in [0.2, 0.25) is 11.9 Å². The molecule has 0 spiro atoms. The maximum atomic E-state index is 13.8. The van der Waals surface area contributed by atoms with Gasteiger partial charge in [-0.25, -0.2) is 9.78 Å². The maximum Gasteiger partial charge on any atom is 0.421 e. The highest BCUT2D eigenvalue weighted by Crippen LogP contribution is 2.54. The van der Waals surface area contributed by atoms with Crippen molar-refractivity contribution in [2.24, 2.45) is 0 Å². The van der Waals surface area contributed by atoms with Gasteiger partial charge in [-0.2, -0.15) is 18.2 Å². The van der Waals surface area contributed by atoms with Crippen molar-refractivity contribution in [1.82, 2.24) is 20.2 Å². The molecule has 3 heterocycles. The predicted molar refractivity (Wildman–Crippen MR) is 138 cm³/mol. The number of aromatic nitrogens is 2. The molecule has 1 saturated carbocycles. The van der Waals surface area contributed by atoms with Crippen LogP contribution in [0.5, 0.6) is 0 Å². The van der Waals surface area contributed by atoms with E-state index in [2.05, 4.69) is 25.9 Å². The number of benzene rings is 1. The van der Waals surface area contributed by atoms with Crippen molar-refractivity contribution in [2.75, 3.05) is 10.6 Å². The number of hydrogen-bond donors (Lipinski definition) is 3. The fourth-order valence-corrected chi connectivity index (χ4v) is 5.87. The maximum absolute atomic E-state index is 13.8. The van der Waals surface area contributed by atoms with Gasteiger partial charge in [-0.15, -0.1) is 0 Å². The number of amides is 2. The van der Waals surface area contributed by atoms with Gasteiger partial charge in [0.1, 0.15) is 17.0 Å². The molecule has 12 heteroatoms. The molecule has 3 N–H and O–H groups in total. The Labute approximate surface area is 224 Å². The summed E-state index contributed by atoms with van der Waals surface area (Å²) in [5.41, 5.74) is 1.05. The minimum Gasteiger partial charge on any atom is -0.444 e. The standard InChI is InChI=1S/C27H33F3N6O3/c1-14(37)32-19-6-5-7-20(19)34-23-18(27(28,29)30)13-31-24(35-23)33-15-8-9-16-17(12-15)22-11-10-21(16)36(22)25(38)39-26(2,3)4/h8-9,12-13,19-22H,5-7,10-11H2,1-4H3,(H,32,37)(H2,31,33,34,35)/t19-,20-,21?,22?/m1/s1. The van der Waals surface area contributed by atoms with Crippen LogP contribution in [0.15, 0.2) is 24.4 Å². The summed E-state index contributed by atoms with van der Waals surface area (Å²) in [5.74, 6) is -0.560. The van der Waals surface area contributed by atoms with E-state index in [1.165, 1.54) is 6.92 Å². The zero-order valence-electron chi connectivity index (χ0n) is 22.4. The zero-order chi connectivity index (χ0) is 28.1. The smallest absolute Gasteiger partial charge is 0.421 e. The van der Waals surface area contributed by atoms with Gasteiger partial charge >= 0.3 is 12.3 Å². The molecule has 210 valence electrons. The Balaban J connectivity index is 1.37. The number of nitrogens with one attached hydrogen (secondary N) is 3. The molecule has 3 aliphatic rings. The lowest BCUT2D eigenvalue weighted by Crippen LogP contribution is -2.42. The lowest BCUT2D eigenvalue weighted by atomic mass is 9.91. The van der Waals surface area contributed by atoms with Crippen LogP contribution < -0.4 is 16.0 Å². The highest BCUT2D eigenvalue weighted by molar-refractivity contribution is 5.74. The average molecular weight is 547 g/mol. The molecule has 9 nitrogen and oxygen atoms in total. The summed E-state index contributed by atoms with van der Waals surface area (Å²) in [4.78, 5) is 34.3. The van der Waals surface area contributed by atoms with Crippen molar-refractivity contribution in [3.05, 3.63) is 41.1 Å². The Morgan fingerprint density at radius 2 is 1.72 bits per heavy atom. The number of nitrogens with zero attached hydrogens (tertiary/aromatic N) is 3. The van der Waals surface area contributed by atoms with Crippen molar-refractivity contribution in [2.45, 2.75) is 95.7 Å². The normalized spacial score (nSPS) is 23.9. The third kappa shape index (κ3) is 5.60. The highest BCUT2D eigenvalue weighted by atomic mass is 19.4. The molecular formula is C27H33F3N6O3. The first kappa shape index (κ1) is 27.0. The van der Waals surface area contributed by atoms with Crippen LogP contribution in [0, 0.1) is 0 Å². The van der Waals surface area contributed by atoms with Crippen LogP contribution in [0.4, 0.5) is 35.4 Å². The number of carbonyl (C=O) groups is 2. The molecule has 1 saturated heterocycles. The molecule has 5 rings (SSSR count). The van der Waals surface area contributed by atoms with Gasteiger partial charge in [0.25, 0.3) is 0 Å². The van der Waals surface area contributed by atoms with E-state index in [9.17, 15) is 22.8 Å². The quantitative estimate of drug-likeness (QED) is 0.433. The summed E-state index contributed by atoms with van der Waals surface area (Å²) in [5, 5.41) is 8.75. The average Bonchev–Trinajstić information content (AvgIpc) is 3.51. The Bertz CT molecular complexity index is 1280. The Morgan fingerprint density at radius 1 is 1.03 bits per heavy atom. The van der Waals surface area contributed by atoms with E-state index in [4.69, 9.17) is 4.74 Å². The fourth-order valence-electron chi connectivity index (χ4n) is 5.87. The number of rotatable bonds is 5. The molecule has 2 unspecified atom stereocenters. The first-order valence-electron chi connectivity index (χ1n) is 13.2. The Hall–Kier alpha value is -3.57. The van der Waals surface area contributed by atoms with Crippen LogP contribution in [-0.4, -0.2) is 44.6 Å². The van der Waals surface area contributed by atoms with Gasteiger partial charge < -0.3 is 20.7 Å². The molecular weight excluding hydrogens is 513 g/mol. The molecule has 2 fully saturated rings. The van der Waals surface area contributed by atoms with Crippen LogP contribution >= 0.6 is 0 Å². The second kappa shape index (κ2) is 9.87. The number of hydrogen-bond acceptors (Lipinski definition) is 7. The van der Waals surface area contributed by atoms with Gasteiger partial charge in [-0.3, -0.25) is 9.69 Å². The van der Waals surface area contributed by atoms with Crippen molar-refractivity contribution < 1.29 is 27.5 Å². The molecule has 4 atom stereocenters. The number of alkyl halides is 3. The van der Waals surface area contributed by atoms with Crippen molar-refractivity contribution in [1.29, 1.82) is 0 Å². The number of halogens is 3. The molecule has 0 radical (unpaired) electrons. The van der Waals surface area contributed by atoms with Gasteiger partial charge in [0, 0.05) is 30.9 Å². The van der Waals surface area contributed by atoms with Crippen molar-refractivity contribution in [3.8, 4) is 0 Å².